The van der Waals surface area contributed by atoms with E-state index < -0.39 is 46.5 Å². The smallest absolute Gasteiger partial charge is 0.348 e. The summed E-state index contributed by atoms with van der Waals surface area (Å²) in [7, 11) is 0. The van der Waals surface area contributed by atoms with E-state index in [0.717, 1.165) is 39.0 Å². The Morgan fingerprint density at radius 1 is 1.24 bits per heavy atom. The highest BCUT2D eigenvalue weighted by Gasteiger charge is 2.44. The first-order valence-electron chi connectivity index (χ1n) is 10.5. The summed E-state index contributed by atoms with van der Waals surface area (Å²) in [5.41, 5.74) is -3.23. The molecular formula is C19H24F3N7O4. The molecule has 0 bridgehead atoms. The number of nitro groups is 1. The van der Waals surface area contributed by atoms with Gasteiger partial charge >= 0.3 is 11.9 Å². The summed E-state index contributed by atoms with van der Waals surface area (Å²) in [6.07, 6.45) is 1.20. The lowest BCUT2D eigenvalue weighted by molar-refractivity contribution is -0.388. The predicted molar refractivity (Wildman–Crippen MR) is 109 cm³/mol. The number of aromatic nitrogens is 4. The highest BCUT2D eigenvalue weighted by molar-refractivity contribution is 6.02. The number of aryl methyl sites for hydroxylation is 1. The molecule has 0 radical (unpaired) electrons. The second-order valence-electron chi connectivity index (χ2n) is 7.80. The van der Waals surface area contributed by atoms with Crippen molar-refractivity contribution in [2.75, 3.05) is 5.32 Å². The first kappa shape index (κ1) is 24.2. The fourth-order valence-corrected chi connectivity index (χ4v) is 3.77. The van der Waals surface area contributed by atoms with Gasteiger partial charge in [0.1, 0.15) is 12.2 Å². The average molecular weight is 471 g/mol. The molecule has 2 heterocycles. The van der Waals surface area contributed by atoms with Crippen LogP contribution in [0.15, 0.2) is 6.20 Å². The van der Waals surface area contributed by atoms with Crippen molar-refractivity contribution in [3.8, 4) is 0 Å². The molecule has 2 aromatic rings. The summed E-state index contributed by atoms with van der Waals surface area (Å²) in [5.74, 6) is -1.28. The highest BCUT2D eigenvalue weighted by atomic mass is 19.4. The summed E-state index contributed by atoms with van der Waals surface area (Å²) in [6.45, 7) is 2.56. The SMILES string of the molecule is CCn1cc(NC(=O)Cn2nc(C(F)(F)F)c([N+](=O)[O-])c2C)c(C(=O)NC2CCCCC2)n1. The van der Waals surface area contributed by atoms with Gasteiger partial charge in [-0.05, 0) is 26.7 Å². The van der Waals surface area contributed by atoms with E-state index in [1.807, 2.05) is 0 Å². The first-order valence-corrected chi connectivity index (χ1v) is 10.5. The molecule has 0 aliphatic heterocycles. The lowest BCUT2D eigenvalue weighted by atomic mass is 9.95. The van der Waals surface area contributed by atoms with Crippen LogP contribution in [-0.2, 0) is 24.1 Å². The normalized spacial score (nSPS) is 14.8. The first-order chi connectivity index (χ1) is 15.5. The third-order valence-electron chi connectivity index (χ3n) is 5.43. The van der Waals surface area contributed by atoms with Gasteiger partial charge in [-0.3, -0.25) is 29.1 Å². The molecule has 2 aromatic heterocycles. The van der Waals surface area contributed by atoms with E-state index >= 15 is 0 Å². The Labute approximate surface area is 186 Å². The van der Waals surface area contributed by atoms with Crippen LogP contribution in [0.4, 0.5) is 24.5 Å². The van der Waals surface area contributed by atoms with E-state index in [2.05, 4.69) is 20.8 Å². The lowest BCUT2D eigenvalue weighted by Crippen LogP contribution is -2.37. The standard InChI is InChI=1S/C19H24F3N7O4/c1-3-27-9-13(15(25-27)18(31)23-12-7-5-4-6-8-12)24-14(30)10-28-11(2)16(29(32)33)17(26-28)19(20,21)22/h9,12H,3-8,10H2,1-2H3,(H,23,31)(H,24,30). The number of alkyl halides is 3. The highest BCUT2D eigenvalue weighted by Crippen LogP contribution is 2.36. The second-order valence-corrected chi connectivity index (χ2v) is 7.80. The predicted octanol–water partition coefficient (Wildman–Crippen LogP) is 3.04. The number of hydrogen-bond donors (Lipinski definition) is 2. The molecule has 0 saturated heterocycles. The summed E-state index contributed by atoms with van der Waals surface area (Å²) >= 11 is 0. The zero-order valence-electron chi connectivity index (χ0n) is 18.1. The number of carbonyl (C=O) groups excluding carboxylic acids is 2. The molecule has 180 valence electrons. The number of hydrogen-bond acceptors (Lipinski definition) is 6. The van der Waals surface area contributed by atoms with Crippen molar-refractivity contribution >= 4 is 23.2 Å². The topological polar surface area (TPSA) is 137 Å². The van der Waals surface area contributed by atoms with Crippen LogP contribution in [0.1, 0.15) is 60.9 Å². The fourth-order valence-electron chi connectivity index (χ4n) is 3.77. The van der Waals surface area contributed by atoms with Crippen LogP contribution in [0, 0.1) is 17.0 Å². The van der Waals surface area contributed by atoms with Gasteiger partial charge in [-0.2, -0.15) is 23.4 Å². The van der Waals surface area contributed by atoms with E-state index in [9.17, 15) is 32.9 Å². The number of amides is 2. The summed E-state index contributed by atoms with van der Waals surface area (Å²) in [4.78, 5) is 35.2. The van der Waals surface area contributed by atoms with Gasteiger partial charge in [0.15, 0.2) is 5.69 Å². The molecule has 2 N–H and O–H groups in total. The van der Waals surface area contributed by atoms with Crippen molar-refractivity contribution in [1.82, 2.24) is 24.9 Å². The Morgan fingerprint density at radius 2 is 1.91 bits per heavy atom. The Hall–Kier alpha value is -3.45. The van der Waals surface area contributed by atoms with E-state index in [1.54, 1.807) is 6.92 Å². The molecule has 0 atom stereocenters. The van der Waals surface area contributed by atoms with Crippen molar-refractivity contribution in [1.29, 1.82) is 0 Å². The van der Waals surface area contributed by atoms with Gasteiger partial charge in [-0.25, -0.2) is 0 Å². The summed E-state index contributed by atoms with van der Waals surface area (Å²) in [5, 5.41) is 23.9. The van der Waals surface area contributed by atoms with Gasteiger partial charge in [0, 0.05) is 18.8 Å². The third-order valence-corrected chi connectivity index (χ3v) is 5.43. The maximum Gasteiger partial charge on any atom is 0.442 e. The van der Waals surface area contributed by atoms with Crippen LogP contribution in [0.5, 0.6) is 0 Å². The van der Waals surface area contributed by atoms with Crippen LogP contribution in [-0.4, -0.2) is 42.3 Å². The van der Waals surface area contributed by atoms with E-state index in [4.69, 9.17) is 0 Å². The Bertz CT molecular complexity index is 1050. The fraction of sp³-hybridized carbons (Fsp3) is 0.579. The van der Waals surface area contributed by atoms with Gasteiger partial charge < -0.3 is 10.6 Å². The van der Waals surface area contributed by atoms with Crippen molar-refractivity contribution < 1.29 is 27.7 Å². The molecule has 1 fully saturated rings. The van der Waals surface area contributed by atoms with E-state index in [-0.39, 0.29) is 17.4 Å². The Balaban J connectivity index is 1.79. The molecular weight excluding hydrogens is 447 g/mol. The van der Waals surface area contributed by atoms with Crippen molar-refractivity contribution in [2.45, 2.75) is 71.3 Å². The summed E-state index contributed by atoms with van der Waals surface area (Å²) in [6, 6.07) is 0.00893. The molecule has 1 aliphatic rings. The minimum absolute atomic E-state index is 0.00893. The van der Waals surface area contributed by atoms with Crippen molar-refractivity contribution in [2.24, 2.45) is 0 Å². The Kier molecular flexibility index (Phi) is 7.03. The number of anilines is 1. The van der Waals surface area contributed by atoms with Crippen molar-refractivity contribution in [3.63, 3.8) is 0 Å². The van der Waals surface area contributed by atoms with E-state index in [1.165, 1.54) is 10.9 Å². The molecule has 0 unspecified atom stereocenters. The zero-order chi connectivity index (χ0) is 24.3. The largest absolute Gasteiger partial charge is 0.442 e. The molecule has 33 heavy (non-hydrogen) atoms. The number of nitrogens with one attached hydrogen (secondary N) is 2. The van der Waals surface area contributed by atoms with Gasteiger partial charge in [0.05, 0.1) is 10.6 Å². The molecule has 11 nitrogen and oxygen atoms in total. The number of halogens is 3. The molecule has 1 saturated carbocycles. The van der Waals surface area contributed by atoms with Gasteiger partial charge in [-0.15, -0.1) is 0 Å². The van der Waals surface area contributed by atoms with E-state index in [0.29, 0.717) is 11.2 Å². The molecule has 0 aromatic carbocycles. The van der Waals surface area contributed by atoms with Crippen LogP contribution < -0.4 is 10.6 Å². The summed E-state index contributed by atoms with van der Waals surface area (Å²) < 4.78 is 41.4. The molecule has 14 heteroatoms. The average Bonchev–Trinajstić information content (AvgIpc) is 3.29. The second kappa shape index (κ2) is 9.58. The number of nitrogens with zero attached hydrogens (tertiary/aromatic N) is 5. The lowest BCUT2D eigenvalue weighted by Gasteiger charge is -2.22. The van der Waals surface area contributed by atoms with Gasteiger partial charge in [-0.1, -0.05) is 19.3 Å². The minimum atomic E-state index is -5.05. The number of rotatable bonds is 7. The molecule has 3 rings (SSSR count). The molecule has 1 aliphatic carbocycles. The number of carbonyl (C=O) groups is 2. The van der Waals surface area contributed by atoms with Crippen LogP contribution in [0.25, 0.3) is 0 Å². The molecule has 2 amide bonds. The maximum absolute atomic E-state index is 13.1. The third kappa shape index (κ3) is 5.49. The zero-order valence-corrected chi connectivity index (χ0v) is 18.1. The monoisotopic (exact) mass is 471 g/mol. The Morgan fingerprint density at radius 3 is 2.45 bits per heavy atom. The van der Waals surface area contributed by atoms with Crippen molar-refractivity contribution in [3.05, 3.63) is 33.4 Å². The van der Waals surface area contributed by atoms with Crippen LogP contribution >= 0.6 is 0 Å². The quantitative estimate of drug-likeness (QED) is 0.470. The van der Waals surface area contributed by atoms with Gasteiger partial charge in [0.25, 0.3) is 5.91 Å². The minimum Gasteiger partial charge on any atom is -0.348 e. The van der Waals surface area contributed by atoms with Crippen LogP contribution in [0.2, 0.25) is 0 Å². The maximum atomic E-state index is 13.1. The van der Waals surface area contributed by atoms with Crippen LogP contribution in [0.3, 0.4) is 0 Å². The van der Waals surface area contributed by atoms with Gasteiger partial charge in [0.2, 0.25) is 11.6 Å². The molecule has 0 spiro atoms.